The molecule has 0 unspecified atom stereocenters. The van der Waals surface area contributed by atoms with Gasteiger partial charge in [0.2, 0.25) is 11.5 Å². The molecule has 29 heavy (non-hydrogen) atoms. The minimum atomic E-state index is -1.15. The molecular weight excluding hydrogens is 391 g/mol. The van der Waals surface area contributed by atoms with Crippen LogP contribution >= 0.6 is 0 Å². The van der Waals surface area contributed by atoms with E-state index in [2.05, 4.69) is 0 Å². The Hall–Kier alpha value is -4.15. The van der Waals surface area contributed by atoms with Gasteiger partial charge in [0.15, 0.2) is 5.75 Å². The number of nitro benzene ring substituents is 1. The van der Waals surface area contributed by atoms with Gasteiger partial charge in [-0.3, -0.25) is 10.1 Å². The first kappa shape index (κ1) is 19.6. The van der Waals surface area contributed by atoms with E-state index in [0.717, 1.165) is 24.5 Å². The normalized spacial score (nSPS) is 10.7. The van der Waals surface area contributed by atoms with E-state index in [1.807, 2.05) is 0 Å². The molecule has 1 aromatic carbocycles. The highest BCUT2D eigenvalue weighted by Crippen LogP contribution is 2.42. The van der Waals surface area contributed by atoms with Crippen LogP contribution in [0.25, 0.3) is 22.6 Å². The van der Waals surface area contributed by atoms with Gasteiger partial charge < -0.3 is 24.6 Å². The van der Waals surface area contributed by atoms with Gasteiger partial charge in [0, 0.05) is 23.8 Å². The van der Waals surface area contributed by atoms with Crippen molar-refractivity contribution >= 4 is 11.7 Å². The number of hydrogen-bond acceptors (Lipinski definition) is 8. The lowest BCUT2D eigenvalue weighted by molar-refractivity contribution is -0.626. The maximum absolute atomic E-state index is 13.7. The van der Waals surface area contributed by atoms with Crippen LogP contribution in [0.5, 0.6) is 11.5 Å². The van der Waals surface area contributed by atoms with E-state index in [1.165, 1.54) is 19.1 Å². The van der Waals surface area contributed by atoms with Gasteiger partial charge in [-0.2, -0.15) is 0 Å². The van der Waals surface area contributed by atoms with Crippen molar-refractivity contribution in [2.75, 3.05) is 6.61 Å². The molecule has 11 heteroatoms. The van der Waals surface area contributed by atoms with Crippen molar-refractivity contribution in [2.24, 2.45) is 0 Å². The van der Waals surface area contributed by atoms with Gasteiger partial charge >= 0.3 is 17.6 Å². The molecule has 0 saturated carbocycles. The summed E-state index contributed by atoms with van der Waals surface area (Å²) in [5.74, 6) is -4.18. The molecule has 3 rings (SSSR count). The van der Waals surface area contributed by atoms with Gasteiger partial charge in [0.05, 0.1) is 11.5 Å². The van der Waals surface area contributed by atoms with E-state index < -0.39 is 34.0 Å². The zero-order valence-corrected chi connectivity index (χ0v) is 14.8. The largest absolute Gasteiger partial charge is 0.616 e. The van der Waals surface area contributed by atoms with Crippen molar-refractivity contribution in [2.45, 2.75) is 6.92 Å². The molecule has 0 atom stereocenters. The number of carbonyl (C=O) groups excluding carboxylic acids is 1. The highest BCUT2D eigenvalue weighted by Gasteiger charge is 2.31. The molecule has 2 N–H and O–H groups in total. The number of hydrogen-bond donors (Lipinski definition) is 2. The van der Waals surface area contributed by atoms with Crippen LogP contribution in [-0.4, -0.2) is 27.7 Å². The van der Waals surface area contributed by atoms with Crippen molar-refractivity contribution in [3.8, 4) is 34.1 Å². The molecule has 0 bridgehead atoms. The van der Waals surface area contributed by atoms with Crippen molar-refractivity contribution in [3.63, 3.8) is 0 Å². The minimum Gasteiger partial charge on any atom is -0.616 e. The second-order valence-corrected chi connectivity index (χ2v) is 5.72. The number of halogens is 1. The van der Waals surface area contributed by atoms with Crippen LogP contribution in [0.1, 0.15) is 17.3 Å². The van der Waals surface area contributed by atoms with Gasteiger partial charge in [-0.05, 0) is 24.6 Å². The van der Waals surface area contributed by atoms with Crippen molar-refractivity contribution in [3.05, 3.63) is 63.4 Å². The Morgan fingerprint density at radius 2 is 2.07 bits per heavy atom. The summed E-state index contributed by atoms with van der Waals surface area (Å²) >= 11 is 0. The van der Waals surface area contributed by atoms with Gasteiger partial charge in [0.1, 0.15) is 11.8 Å². The second-order valence-electron chi connectivity index (χ2n) is 5.72. The van der Waals surface area contributed by atoms with E-state index in [0.29, 0.717) is 0 Å². The summed E-state index contributed by atoms with van der Waals surface area (Å²) < 4.78 is 23.8. The summed E-state index contributed by atoms with van der Waals surface area (Å²) in [5.41, 5.74) is -1.60. The van der Waals surface area contributed by atoms with Gasteiger partial charge in [-0.15, -0.1) is 9.12 Å². The lowest BCUT2D eigenvalue weighted by Gasteiger charge is -2.08. The van der Waals surface area contributed by atoms with Crippen molar-refractivity contribution in [1.82, 2.24) is 0 Å². The third-order valence-electron chi connectivity index (χ3n) is 3.98. The molecule has 0 radical (unpaired) electrons. The van der Waals surface area contributed by atoms with Gasteiger partial charge in [-0.25, -0.2) is 4.79 Å². The zero-order chi connectivity index (χ0) is 21.3. The number of nitro groups is 1. The molecule has 0 spiro atoms. The fraction of sp³-hybridized carbons (Fsp3) is 0.111. The number of ether oxygens (including phenoxy) is 1. The molecular formula is C18H13FN2O8. The predicted molar refractivity (Wildman–Crippen MR) is 94.4 cm³/mol. The van der Waals surface area contributed by atoms with Crippen LogP contribution in [-0.2, 0) is 4.74 Å². The van der Waals surface area contributed by atoms with Crippen LogP contribution in [0.3, 0.4) is 0 Å². The number of rotatable bonds is 5. The van der Waals surface area contributed by atoms with Crippen molar-refractivity contribution < 1.29 is 38.2 Å². The average Bonchev–Trinajstić information content (AvgIpc) is 3.11. The Kier molecular flexibility index (Phi) is 5.05. The number of esters is 1. The maximum atomic E-state index is 13.7. The molecule has 3 aromatic rings. The fourth-order valence-corrected chi connectivity index (χ4v) is 2.70. The molecule has 0 fully saturated rings. The SMILES string of the molecule is CCOC(=O)c1c(-c2cc(O)c(O)c([N+](=O)[O-])c2)coc1-c1cccc(F)[n+]1[O-]. The molecule has 2 aromatic heterocycles. The van der Waals surface area contributed by atoms with E-state index in [-0.39, 0.29) is 39.5 Å². The number of phenolic OH excluding ortho intramolecular Hbond substituents is 2. The number of phenols is 2. The second kappa shape index (κ2) is 7.46. The summed E-state index contributed by atoms with van der Waals surface area (Å²) in [5, 5.41) is 42.7. The van der Waals surface area contributed by atoms with E-state index in [9.17, 15) is 34.7 Å². The molecule has 0 aliphatic rings. The number of aromatic hydroxyl groups is 2. The van der Waals surface area contributed by atoms with Crippen LogP contribution in [0.2, 0.25) is 0 Å². The first-order valence-corrected chi connectivity index (χ1v) is 8.14. The number of benzene rings is 1. The molecule has 10 nitrogen and oxygen atoms in total. The van der Waals surface area contributed by atoms with E-state index in [1.54, 1.807) is 0 Å². The molecule has 0 aliphatic carbocycles. The van der Waals surface area contributed by atoms with Crippen molar-refractivity contribution in [1.29, 1.82) is 0 Å². The average molecular weight is 404 g/mol. The Labute approximate surface area is 161 Å². The Bertz CT molecular complexity index is 1130. The van der Waals surface area contributed by atoms with Crippen LogP contribution in [0.15, 0.2) is 41.0 Å². The molecule has 150 valence electrons. The summed E-state index contributed by atoms with van der Waals surface area (Å²) in [6.45, 7) is 1.49. The quantitative estimate of drug-likeness (QED) is 0.125. The van der Waals surface area contributed by atoms with Crippen LogP contribution in [0, 0.1) is 21.3 Å². The number of pyridine rings is 1. The lowest BCUT2D eigenvalue weighted by atomic mass is 10.0. The smallest absolute Gasteiger partial charge is 0.371 e. The zero-order valence-electron chi connectivity index (χ0n) is 14.8. The fourth-order valence-electron chi connectivity index (χ4n) is 2.70. The third kappa shape index (κ3) is 3.40. The third-order valence-corrected chi connectivity index (χ3v) is 3.98. The van der Waals surface area contributed by atoms with Crippen LogP contribution < -0.4 is 4.73 Å². The summed E-state index contributed by atoms with van der Waals surface area (Å²) in [6, 6.07) is 5.22. The molecule has 2 heterocycles. The maximum Gasteiger partial charge on any atom is 0.371 e. The topological polar surface area (TPSA) is 150 Å². The van der Waals surface area contributed by atoms with E-state index >= 15 is 0 Å². The monoisotopic (exact) mass is 404 g/mol. The Morgan fingerprint density at radius 3 is 2.72 bits per heavy atom. The summed E-state index contributed by atoms with van der Waals surface area (Å²) in [7, 11) is 0. The molecule has 0 amide bonds. The highest BCUT2D eigenvalue weighted by atomic mass is 19.1. The van der Waals surface area contributed by atoms with Crippen LogP contribution in [0.4, 0.5) is 10.1 Å². The highest BCUT2D eigenvalue weighted by molar-refractivity contribution is 6.02. The number of furan rings is 1. The summed E-state index contributed by atoms with van der Waals surface area (Å²) in [6.07, 6.45) is 1.00. The predicted octanol–water partition coefficient (Wildman–Crippen LogP) is 2.88. The molecule has 0 aliphatic heterocycles. The first-order valence-electron chi connectivity index (χ1n) is 8.14. The summed E-state index contributed by atoms with van der Waals surface area (Å²) in [4.78, 5) is 22.7. The van der Waals surface area contributed by atoms with E-state index in [4.69, 9.17) is 9.15 Å². The van der Waals surface area contributed by atoms with Gasteiger partial charge in [-0.1, -0.05) is 0 Å². The Balaban J connectivity index is 2.29. The Morgan fingerprint density at radius 1 is 1.34 bits per heavy atom. The standard InChI is InChI=1S/C18H13FN2O8/c1-2-28-18(24)15-10(9-6-12(21(26)27)16(23)13(22)7-9)8-29-17(15)11-4-3-5-14(19)20(11)25/h3-8,22-23H,2H2,1H3. The number of aromatic nitrogens is 1. The number of carbonyl (C=O) groups is 1. The minimum absolute atomic E-state index is 0.0373. The first-order chi connectivity index (χ1) is 13.8. The molecule has 0 saturated heterocycles. The lowest BCUT2D eigenvalue weighted by Crippen LogP contribution is -2.33. The van der Waals surface area contributed by atoms with Gasteiger partial charge in [0.25, 0.3) is 5.69 Å². The number of nitrogens with zero attached hydrogens (tertiary/aromatic N) is 2.